The summed E-state index contributed by atoms with van der Waals surface area (Å²) in [4.78, 5) is 11.3. The van der Waals surface area contributed by atoms with Gasteiger partial charge in [0.05, 0.1) is 25.0 Å². The van der Waals surface area contributed by atoms with E-state index in [1.54, 1.807) is 24.3 Å². The van der Waals surface area contributed by atoms with Crippen molar-refractivity contribution >= 4 is 16.0 Å². The Balaban J connectivity index is 2.58. The van der Waals surface area contributed by atoms with E-state index in [1.807, 2.05) is 6.92 Å². The molecule has 112 valence electrons. The molecule has 20 heavy (non-hydrogen) atoms. The smallest absolute Gasteiger partial charge is 0.337 e. The standard InChI is InChI=1S/C13H19NO5S/c1-3-10(9-20(14,16)17)8-19-12-6-4-11(5-7-12)13(15)18-2/h4-7,10H,3,8-9H2,1-2H3,(H2,14,16,17). The Morgan fingerprint density at radius 2 is 1.90 bits per heavy atom. The molecule has 0 heterocycles. The van der Waals surface area contributed by atoms with Crippen LogP contribution >= 0.6 is 0 Å². The first kappa shape index (κ1) is 16.5. The molecular weight excluding hydrogens is 282 g/mol. The van der Waals surface area contributed by atoms with E-state index in [0.717, 1.165) is 0 Å². The zero-order valence-corrected chi connectivity index (χ0v) is 12.4. The number of esters is 1. The van der Waals surface area contributed by atoms with Crippen LogP contribution in [0.1, 0.15) is 23.7 Å². The molecule has 6 nitrogen and oxygen atoms in total. The largest absolute Gasteiger partial charge is 0.493 e. The summed E-state index contributed by atoms with van der Waals surface area (Å²) in [7, 11) is -2.19. The summed E-state index contributed by atoms with van der Waals surface area (Å²) in [5.41, 5.74) is 0.427. The predicted octanol–water partition coefficient (Wildman–Crippen LogP) is 1.17. The van der Waals surface area contributed by atoms with Gasteiger partial charge in [-0.3, -0.25) is 0 Å². The molecule has 1 rings (SSSR count). The predicted molar refractivity (Wildman–Crippen MR) is 75.0 cm³/mol. The average Bonchev–Trinajstić information content (AvgIpc) is 2.42. The first-order valence-electron chi connectivity index (χ1n) is 6.17. The zero-order valence-electron chi connectivity index (χ0n) is 11.5. The minimum Gasteiger partial charge on any atom is -0.493 e. The minimum atomic E-state index is -3.50. The van der Waals surface area contributed by atoms with Crippen LogP contribution in [0, 0.1) is 5.92 Å². The highest BCUT2D eigenvalue weighted by Crippen LogP contribution is 2.15. The van der Waals surface area contributed by atoms with E-state index in [-0.39, 0.29) is 18.3 Å². The molecule has 0 aliphatic carbocycles. The molecule has 0 amide bonds. The second kappa shape index (κ2) is 7.25. The van der Waals surface area contributed by atoms with Crippen molar-refractivity contribution in [1.82, 2.24) is 0 Å². The Hall–Kier alpha value is -1.60. The fourth-order valence-corrected chi connectivity index (χ4v) is 2.62. The molecule has 7 heteroatoms. The summed E-state index contributed by atoms with van der Waals surface area (Å²) in [6.07, 6.45) is 0.649. The Bertz CT molecular complexity index is 538. The van der Waals surface area contributed by atoms with E-state index in [9.17, 15) is 13.2 Å². The highest BCUT2D eigenvalue weighted by molar-refractivity contribution is 7.89. The number of primary sulfonamides is 1. The monoisotopic (exact) mass is 301 g/mol. The number of methoxy groups -OCH3 is 1. The Kier molecular flexibility index (Phi) is 5.97. The molecule has 0 aliphatic heterocycles. The van der Waals surface area contributed by atoms with Gasteiger partial charge >= 0.3 is 5.97 Å². The van der Waals surface area contributed by atoms with Gasteiger partial charge in [0.1, 0.15) is 5.75 Å². The maximum atomic E-state index is 11.3. The third-order valence-electron chi connectivity index (χ3n) is 2.81. The van der Waals surface area contributed by atoms with Crippen molar-refractivity contribution < 1.29 is 22.7 Å². The van der Waals surface area contributed by atoms with Crippen LogP contribution in [0.2, 0.25) is 0 Å². The van der Waals surface area contributed by atoms with Crippen molar-refractivity contribution in [2.24, 2.45) is 11.1 Å². The van der Waals surface area contributed by atoms with Crippen LogP contribution in [0.5, 0.6) is 5.75 Å². The third kappa shape index (κ3) is 5.58. The molecule has 0 aliphatic rings. The van der Waals surface area contributed by atoms with Gasteiger partial charge in [-0.25, -0.2) is 18.4 Å². The van der Waals surface area contributed by atoms with Gasteiger partial charge in [0.25, 0.3) is 0 Å². The molecule has 2 N–H and O–H groups in total. The summed E-state index contributed by atoms with van der Waals surface area (Å²) in [5, 5.41) is 5.01. The molecule has 1 aromatic carbocycles. The van der Waals surface area contributed by atoms with Crippen molar-refractivity contribution in [2.45, 2.75) is 13.3 Å². The number of sulfonamides is 1. The highest BCUT2D eigenvalue weighted by Gasteiger charge is 2.15. The molecule has 0 saturated carbocycles. The number of hydrogen-bond acceptors (Lipinski definition) is 5. The molecule has 1 aromatic rings. The van der Waals surface area contributed by atoms with Crippen LogP contribution in [-0.2, 0) is 14.8 Å². The van der Waals surface area contributed by atoms with Crippen LogP contribution in [-0.4, -0.2) is 33.9 Å². The van der Waals surface area contributed by atoms with Gasteiger partial charge in [-0.2, -0.15) is 0 Å². The summed E-state index contributed by atoms with van der Waals surface area (Å²) < 4.78 is 32.2. The fourth-order valence-electron chi connectivity index (χ4n) is 1.63. The lowest BCUT2D eigenvalue weighted by molar-refractivity contribution is 0.0600. The maximum Gasteiger partial charge on any atom is 0.337 e. The van der Waals surface area contributed by atoms with E-state index in [2.05, 4.69) is 4.74 Å². The normalized spacial score (nSPS) is 12.8. The first-order valence-corrected chi connectivity index (χ1v) is 7.89. The molecule has 0 aromatic heterocycles. The van der Waals surface area contributed by atoms with Crippen molar-refractivity contribution in [3.63, 3.8) is 0 Å². The Labute approximate surface area is 118 Å². The summed E-state index contributed by atoms with van der Waals surface area (Å²) in [5.74, 6) is -0.128. The lowest BCUT2D eigenvalue weighted by Gasteiger charge is -2.14. The first-order chi connectivity index (χ1) is 9.35. The topological polar surface area (TPSA) is 95.7 Å². The quantitative estimate of drug-likeness (QED) is 0.763. The Morgan fingerprint density at radius 3 is 2.35 bits per heavy atom. The zero-order chi connectivity index (χ0) is 15.2. The molecule has 1 atom stereocenters. The van der Waals surface area contributed by atoms with Gasteiger partial charge in [-0.1, -0.05) is 6.92 Å². The van der Waals surface area contributed by atoms with Gasteiger partial charge in [-0.05, 0) is 30.7 Å². The molecule has 0 fully saturated rings. The van der Waals surface area contributed by atoms with Gasteiger partial charge in [-0.15, -0.1) is 0 Å². The molecule has 0 spiro atoms. The van der Waals surface area contributed by atoms with Crippen LogP contribution in [0.25, 0.3) is 0 Å². The van der Waals surface area contributed by atoms with Crippen LogP contribution < -0.4 is 9.88 Å². The van der Waals surface area contributed by atoms with Gasteiger partial charge < -0.3 is 9.47 Å². The van der Waals surface area contributed by atoms with Crippen LogP contribution in [0.4, 0.5) is 0 Å². The average molecular weight is 301 g/mol. The van der Waals surface area contributed by atoms with Crippen LogP contribution in [0.15, 0.2) is 24.3 Å². The molecular formula is C13H19NO5S. The van der Waals surface area contributed by atoms with Crippen molar-refractivity contribution in [3.05, 3.63) is 29.8 Å². The second-order valence-corrected chi connectivity index (χ2v) is 6.09. The van der Waals surface area contributed by atoms with Crippen molar-refractivity contribution in [3.8, 4) is 5.75 Å². The van der Waals surface area contributed by atoms with Gasteiger partial charge in [0.2, 0.25) is 10.0 Å². The number of carbonyl (C=O) groups excluding carboxylic acids is 1. The number of rotatable bonds is 7. The third-order valence-corrected chi connectivity index (χ3v) is 3.74. The van der Waals surface area contributed by atoms with Gasteiger partial charge in [0.15, 0.2) is 0 Å². The summed E-state index contributed by atoms with van der Waals surface area (Å²) >= 11 is 0. The van der Waals surface area contributed by atoms with E-state index >= 15 is 0 Å². The van der Waals surface area contributed by atoms with E-state index in [1.165, 1.54) is 7.11 Å². The lowest BCUT2D eigenvalue weighted by Crippen LogP contribution is -2.26. The molecule has 0 radical (unpaired) electrons. The molecule has 1 unspecified atom stereocenters. The van der Waals surface area contributed by atoms with Crippen molar-refractivity contribution in [2.75, 3.05) is 19.5 Å². The Morgan fingerprint density at radius 1 is 1.30 bits per heavy atom. The molecule has 0 bridgehead atoms. The summed E-state index contributed by atoms with van der Waals surface area (Å²) in [6, 6.07) is 6.44. The number of benzene rings is 1. The molecule has 0 saturated heterocycles. The van der Waals surface area contributed by atoms with E-state index < -0.39 is 16.0 Å². The number of carbonyl (C=O) groups is 1. The fraction of sp³-hybridized carbons (Fsp3) is 0.462. The van der Waals surface area contributed by atoms with Gasteiger partial charge in [0, 0.05) is 5.92 Å². The number of nitrogens with two attached hydrogens (primary N) is 1. The van der Waals surface area contributed by atoms with Crippen molar-refractivity contribution in [1.29, 1.82) is 0 Å². The van der Waals surface area contributed by atoms with E-state index in [4.69, 9.17) is 9.88 Å². The van der Waals surface area contributed by atoms with Crippen LogP contribution in [0.3, 0.4) is 0 Å². The SMILES string of the molecule is CCC(COc1ccc(C(=O)OC)cc1)CS(N)(=O)=O. The number of hydrogen-bond donors (Lipinski definition) is 1. The minimum absolute atomic E-state index is 0.107. The second-order valence-electron chi connectivity index (χ2n) is 4.43. The summed E-state index contributed by atoms with van der Waals surface area (Å²) in [6.45, 7) is 2.13. The highest BCUT2D eigenvalue weighted by atomic mass is 32.2. The lowest BCUT2D eigenvalue weighted by atomic mass is 10.1. The maximum absolute atomic E-state index is 11.3. The van der Waals surface area contributed by atoms with E-state index in [0.29, 0.717) is 17.7 Å². The number of ether oxygens (including phenoxy) is 2.